The number of nitrogen functional groups attached to an aromatic ring is 1. The van der Waals surface area contributed by atoms with Crippen LogP contribution in [0.2, 0.25) is 0 Å². The Balaban J connectivity index is 2.16. The van der Waals surface area contributed by atoms with Gasteiger partial charge >= 0.3 is 0 Å². The predicted octanol–water partition coefficient (Wildman–Crippen LogP) is 7.95. The average molecular weight is 380 g/mol. The number of hydrogen-bond donors (Lipinski definition) is 1. The lowest BCUT2D eigenvalue weighted by Crippen LogP contribution is -1.99. The average Bonchev–Trinajstić information content (AvgIpc) is 3.00. The highest BCUT2D eigenvalue weighted by Gasteiger charge is 2.14. The molecule has 0 saturated heterocycles. The number of hydrogen-bond acceptors (Lipinski definition) is 3. The summed E-state index contributed by atoms with van der Waals surface area (Å²) in [5.41, 5.74) is 6.80. The van der Waals surface area contributed by atoms with Crippen molar-refractivity contribution in [1.82, 2.24) is 0 Å². The smallest absolute Gasteiger partial charge is 0.174 e. The monoisotopic (exact) mass is 379 g/mol. The highest BCUT2D eigenvalue weighted by atomic mass is 32.1. The van der Waals surface area contributed by atoms with Crippen LogP contribution in [0.25, 0.3) is 0 Å². The third-order valence-corrected chi connectivity index (χ3v) is 6.35. The lowest BCUT2D eigenvalue weighted by Gasteiger charge is -2.02. The largest absolute Gasteiger partial charge is 0.397 e. The van der Waals surface area contributed by atoms with Crippen molar-refractivity contribution in [3.8, 4) is 0 Å². The number of ketones is 1. The van der Waals surface area contributed by atoms with Gasteiger partial charge in [-0.15, -0.1) is 11.3 Å². The summed E-state index contributed by atoms with van der Waals surface area (Å²) in [5.74, 6) is 0.257. The number of carbonyl (C=O) groups excluding carboxylic acids is 1. The molecule has 0 fully saturated rings. The first kappa shape index (κ1) is 23.2. The van der Waals surface area contributed by atoms with Crippen LogP contribution in [0.3, 0.4) is 0 Å². The Morgan fingerprint density at radius 2 is 1.31 bits per heavy atom. The van der Waals surface area contributed by atoms with Crippen LogP contribution in [0.15, 0.2) is 6.07 Å². The summed E-state index contributed by atoms with van der Waals surface area (Å²) in [4.78, 5) is 14.5. The van der Waals surface area contributed by atoms with Crippen molar-refractivity contribution in [3.05, 3.63) is 15.8 Å². The maximum Gasteiger partial charge on any atom is 0.174 e. The van der Waals surface area contributed by atoms with E-state index in [9.17, 15) is 4.79 Å². The molecule has 1 heterocycles. The molecule has 0 amide bonds. The molecule has 1 rings (SSSR count). The highest BCUT2D eigenvalue weighted by Crippen LogP contribution is 2.28. The van der Waals surface area contributed by atoms with Gasteiger partial charge in [-0.25, -0.2) is 0 Å². The fourth-order valence-electron chi connectivity index (χ4n) is 3.41. The Morgan fingerprint density at radius 3 is 1.88 bits per heavy atom. The molecule has 0 aliphatic heterocycles. The molecule has 26 heavy (non-hydrogen) atoms. The number of carbonyl (C=O) groups is 1. The summed E-state index contributed by atoms with van der Waals surface area (Å²) in [6, 6.07) is 2.04. The molecule has 0 aromatic carbocycles. The maximum atomic E-state index is 12.4. The minimum Gasteiger partial charge on any atom is -0.397 e. The zero-order valence-electron chi connectivity index (χ0n) is 17.3. The second-order valence-electron chi connectivity index (χ2n) is 7.66. The van der Waals surface area contributed by atoms with Crippen LogP contribution >= 0.6 is 11.3 Å². The van der Waals surface area contributed by atoms with Gasteiger partial charge in [0.15, 0.2) is 5.78 Å². The molecule has 0 aliphatic carbocycles. The molecule has 0 spiro atoms. The van der Waals surface area contributed by atoms with Crippen molar-refractivity contribution >= 4 is 22.8 Å². The minimum atomic E-state index is 0.257. The molecular formula is C23H41NOS. The van der Waals surface area contributed by atoms with E-state index < -0.39 is 0 Å². The van der Waals surface area contributed by atoms with Crippen LogP contribution in [0.5, 0.6) is 0 Å². The number of unbranched alkanes of at least 4 members (excludes halogenated alkanes) is 12. The highest BCUT2D eigenvalue weighted by molar-refractivity contribution is 7.14. The van der Waals surface area contributed by atoms with Crippen molar-refractivity contribution < 1.29 is 4.79 Å². The number of thiophene rings is 1. The number of nitrogens with two attached hydrogens (primary N) is 1. The summed E-state index contributed by atoms with van der Waals surface area (Å²) in [6.45, 7) is 4.50. The van der Waals surface area contributed by atoms with Crippen molar-refractivity contribution in [2.75, 3.05) is 5.73 Å². The quantitative estimate of drug-likeness (QED) is 0.220. The molecule has 3 heteroatoms. The van der Waals surface area contributed by atoms with E-state index in [-0.39, 0.29) is 5.78 Å². The van der Waals surface area contributed by atoms with E-state index >= 15 is 0 Å². The second kappa shape index (κ2) is 15.2. The van der Waals surface area contributed by atoms with Gasteiger partial charge in [-0.3, -0.25) is 4.79 Å². The van der Waals surface area contributed by atoms with Crippen LogP contribution in [-0.4, -0.2) is 5.78 Å². The Hall–Kier alpha value is -0.830. The molecular weight excluding hydrogens is 338 g/mol. The van der Waals surface area contributed by atoms with Crippen LogP contribution < -0.4 is 5.73 Å². The third-order valence-electron chi connectivity index (χ3n) is 5.10. The fourth-order valence-corrected chi connectivity index (χ4v) is 4.50. The molecule has 0 atom stereocenters. The van der Waals surface area contributed by atoms with Crippen LogP contribution in [0.4, 0.5) is 5.69 Å². The number of anilines is 1. The van der Waals surface area contributed by atoms with Crippen LogP contribution in [0, 0.1) is 0 Å². The Bertz CT molecular complexity index is 481. The fraction of sp³-hybridized carbons (Fsp3) is 0.783. The Labute approximate surface area is 166 Å². The van der Waals surface area contributed by atoms with E-state index in [2.05, 4.69) is 13.8 Å². The van der Waals surface area contributed by atoms with Gasteiger partial charge in [-0.1, -0.05) is 90.9 Å². The van der Waals surface area contributed by atoms with Gasteiger partial charge in [0.05, 0.1) is 10.6 Å². The lowest BCUT2D eigenvalue weighted by molar-refractivity contribution is 0.0984. The first-order chi connectivity index (χ1) is 12.7. The summed E-state index contributed by atoms with van der Waals surface area (Å²) in [7, 11) is 0. The number of Topliss-reactive ketones (excluding diaryl/α,β-unsaturated/α-hetero) is 1. The zero-order chi connectivity index (χ0) is 19.0. The van der Waals surface area contributed by atoms with Gasteiger partial charge in [0, 0.05) is 11.3 Å². The molecule has 0 unspecified atom stereocenters. The zero-order valence-corrected chi connectivity index (χ0v) is 18.1. The van der Waals surface area contributed by atoms with E-state index in [0.717, 1.165) is 17.7 Å². The molecule has 0 saturated carbocycles. The van der Waals surface area contributed by atoms with Crippen molar-refractivity contribution in [2.45, 2.75) is 117 Å². The maximum absolute atomic E-state index is 12.4. The van der Waals surface area contributed by atoms with Gasteiger partial charge < -0.3 is 5.73 Å². The van der Waals surface area contributed by atoms with Crippen molar-refractivity contribution in [1.29, 1.82) is 0 Å². The summed E-state index contributed by atoms with van der Waals surface area (Å²) in [5, 5.41) is 0. The van der Waals surface area contributed by atoms with Gasteiger partial charge in [-0.2, -0.15) is 0 Å². The third kappa shape index (κ3) is 10.4. The van der Waals surface area contributed by atoms with Crippen LogP contribution in [0.1, 0.15) is 125 Å². The summed E-state index contributed by atoms with van der Waals surface area (Å²) >= 11 is 1.64. The molecule has 0 aliphatic rings. The first-order valence-electron chi connectivity index (χ1n) is 11.1. The Morgan fingerprint density at radius 1 is 0.808 bits per heavy atom. The molecule has 1 aromatic rings. The first-order valence-corrected chi connectivity index (χ1v) is 11.9. The standard InChI is InChI=1S/C23H41NOS/c1-3-5-7-9-10-11-12-14-16-18-22(25)23-21(24)19-20(26-23)17-15-13-8-6-4-2/h19H,3-18,24H2,1-2H3. The normalized spacial score (nSPS) is 11.2. The van der Waals surface area contributed by atoms with Crippen LogP contribution in [-0.2, 0) is 6.42 Å². The molecule has 1 aromatic heterocycles. The molecule has 2 nitrogen and oxygen atoms in total. The van der Waals surface area contributed by atoms with E-state index in [1.165, 1.54) is 88.3 Å². The number of aryl methyl sites for hydroxylation is 1. The van der Waals surface area contributed by atoms with Crippen molar-refractivity contribution in [2.24, 2.45) is 0 Å². The van der Waals surface area contributed by atoms with Crippen molar-refractivity contribution in [3.63, 3.8) is 0 Å². The van der Waals surface area contributed by atoms with E-state index in [4.69, 9.17) is 5.73 Å². The van der Waals surface area contributed by atoms with Gasteiger partial charge in [0.1, 0.15) is 0 Å². The molecule has 150 valence electrons. The minimum absolute atomic E-state index is 0.257. The summed E-state index contributed by atoms with van der Waals surface area (Å²) in [6.07, 6.45) is 19.7. The van der Waals surface area contributed by atoms with E-state index in [0.29, 0.717) is 12.1 Å². The van der Waals surface area contributed by atoms with E-state index in [1.54, 1.807) is 11.3 Å². The second-order valence-corrected chi connectivity index (χ2v) is 8.80. The van der Waals surface area contributed by atoms with E-state index in [1.807, 2.05) is 6.07 Å². The van der Waals surface area contributed by atoms with Gasteiger partial charge in [-0.05, 0) is 25.3 Å². The summed E-state index contributed by atoms with van der Waals surface area (Å²) < 4.78 is 0. The Kier molecular flexibility index (Phi) is 13.6. The molecule has 0 radical (unpaired) electrons. The van der Waals surface area contributed by atoms with Gasteiger partial charge in [0.2, 0.25) is 0 Å². The topological polar surface area (TPSA) is 43.1 Å². The lowest BCUT2D eigenvalue weighted by atomic mass is 10.0. The number of rotatable bonds is 17. The molecule has 2 N–H and O–H groups in total. The molecule has 0 bridgehead atoms. The predicted molar refractivity (Wildman–Crippen MR) is 117 cm³/mol. The SMILES string of the molecule is CCCCCCCCCCCC(=O)c1sc(CCCCCCC)cc1N. The van der Waals surface area contributed by atoms with Gasteiger partial charge in [0.25, 0.3) is 0 Å².